The van der Waals surface area contributed by atoms with Crippen LogP contribution in [-0.2, 0) is 4.74 Å². The van der Waals surface area contributed by atoms with Crippen molar-refractivity contribution in [2.24, 2.45) is 17.8 Å². The van der Waals surface area contributed by atoms with E-state index in [4.69, 9.17) is 4.74 Å². The van der Waals surface area contributed by atoms with E-state index in [-0.39, 0.29) is 0 Å². The van der Waals surface area contributed by atoms with Gasteiger partial charge in [-0.05, 0) is 44.4 Å². The maximum atomic E-state index is 10.6. The number of rotatable bonds is 1. The van der Waals surface area contributed by atoms with Crippen molar-refractivity contribution in [1.82, 2.24) is 0 Å². The van der Waals surface area contributed by atoms with Gasteiger partial charge in [-0.2, -0.15) is 0 Å². The van der Waals surface area contributed by atoms with Crippen molar-refractivity contribution in [2.45, 2.75) is 70.2 Å². The summed E-state index contributed by atoms with van der Waals surface area (Å²) >= 11 is 0. The summed E-state index contributed by atoms with van der Waals surface area (Å²) in [5, 5.41) is 10.6. The largest absolute Gasteiger partial charge is 0.390 e. The third kappa shape index (κ3) is 1.91. The summed E-state index contributed by atoms with van der Waals surface area (Å²) in [5.41, 5.74) is -0.476. The molecule has 0 bridgehead atoms. The molecule has 3 aliphatic rings. The summed E-state index contributed by atoms with van der Waals surface area (Å²) in [6.45, 7) is 4.35. The number of hydrogen-bond donors (Lipinski definition) is 1. The number of aliphatic hydroxyl groups is 1. The Labute approximate surface area is 98.4 Å². The zero-order valence-electron chi connectivity index (χ0n) is 10.5. The molecule has 1 N–H and O–H groups in total. The fourth-order valence-corrected chi connectivity index (χ4v) is 3.77. The lowest BCUT2D eigenvalue weighted by Crippen LogP contribution is -2.54. The summed E-state index contributed by atoms with van der Waals surface area (Å²) in [6, 6.07) is 0. The molecule has 0 aromatic heterocycles. The van der Waals surface area contributed by atoms with Gasteiger partial charge in [0.05, 0.1) is 17.8 Å². The minimum atomic E-state index is -0.476. The third-order valence-corrected chi connectivity index (χ3v) is 4.96. The van der Waals surface area contributed by atoms with E-state index in [2.05, 4.69) is 6.92 Å². The molecule has 0 radical (unpaired) electrons. The predicted molar refractivity (Wildman–Crippen MR) is 63.1 cm³/mol. The van der Waals surface area contributed by atoms with Crippen molar-refractivity contribution in [1.29, 1.82) is 0 Å². The highest BCUT2D eigenvalue weighted by Crippen LogP contribution is 2.48. The Morgan fingerprint density at radius 1 is 1.12 bits per heavy atom. The first-order chi connectivity index (χ1) is 7.56. The average Bonchev–Trinajstić information content (AvgIpc) is 2.98. The molecule has 3 rings (SSSR count). The predicted octanol–water partition coefficient (Wildman–Crippen LogP) is 2.74. The van der Waals surface area contributed by atoms with Gasteiger partial charge in [-0.1, -0.05) is 13.3 Å². The lowest BCUT2D eigenvalue weighted by molar-refractivity contribution is -0.200. The molecule has 2 heteroatoms. The van der Waals surface area contributed by atoms with Gasteiger partial charge in [0.15, 0.2) is 0 Å². The molecule has 0 aromatic carbocycles. The highest BCUT2D eigenvalue weighted by atomic mass is 16.5. The molecule has 5 atom stereocenters. The maximum Gasteiger partial charge on any atom is 0.0697 e. The van der Waals surface area contributed by atoms with Gasteiger partial charge in [0.2, 0.25) is 0 Å². The van der Waals surface area contributed by atoms with E-state index in [9.17, 15) is 5.11 Å². The zero-order valence-corrected chi connectivity index (χ0v) is 10.5. The topological polar surface area (TPSA) is 29.5 Å². The second-order valence-electron chi connectivity index (χ2n) is 6.64. The molecule has 2 aliphatic carbocycles. The number of fused-ring (bicyclic) bond motifs is 1. The minimum Gasteiger partial charge on any atom is -0.390 e. The standard InChI is InChI=1S/C14H24O2/c1-9-3-6-11-12(7-9)16-13(10-4-5-10)8-14(11,2)15/h9-13,15H,3-8H2,1-2H3/t9?,11?,12?,13?,14-/m1/s1. The van der Waals surface area contributed by atoms with Crippen molar-refractivity contribution in [3.8, 4) is 0 Å². The molecular formula is C14H24O2. The molecule has 2 saturated carbocycles. The minimum absolute atomic E-state index is 0.332. The van der Waals surface area contributed by atoms with Gasteiger partial charge in [0, 0.05) is 12.3 Å². The fourth-order valence-electron chi connectivity index (χ4n) is 3.77. The number of hydrogen-bond acceptors (Lipinski definition) is 2. The lowest BCUT2D eigenvalue weighted by Gasteiger charge is -2.49. The Hall–Kier alpha value is -0.0800. The van der Waals surface area contributed by atoms with Gasteiger partial charge in [0.1, 0.15) is 0 Å². The van der Waals surface area contributed by atoms with Crippen LogP contribution in [0.5, 0.6) is 0 Å². The number of ether oxygens (including phenoxy) is 1. The summed E-state index contributed by atoms with van der Waals surface area (Å²) in [7, 11) is 0. The van der Waals surface area contributed by atoms with E-state index in [1.807, 2.05) is 6.92 Å². The Morgan fingerprint density at radius 3 is 2.56 bits per heavy atom. The van der Waals surface area contributed by atoms with Crippen molar-refractivity contribution in [3.63, 3.8) is 0 Å². The van der Waals surface area contributed by atoms with Gasteiger partial charge in [-0.25, -0.2) is 0 Å². The van der Waals surface area contributed by atoms with E-state index >= 15 is 0 Å². The van der Waals surface area contributed by atoms with Crippen LogP contribution in [0, 0.1) is 17.8 Å². The van der Waals surface area contributed by atoms with Crippen LogP contribution in [0.15, 0.2) is 0 Å². The molecule has 3 fully saturated rings. The van der Waals surface area contributed by atoms with Crippen LogP contribution in [0.25, 0.3) is 0 Å². The summed E-state index contributed by atoms with van der Waals surface area (Å²) < 4.78 is 6.26. The van der Waals surface area contributed by atoms with Crippen LogP contribution in [0.2, 0.25) is 0 Å². The molecule has 1 saturated heterocycles. The van der Waals surface area contributed by atoms with Crippen molar-refractivity contribution < 1.29 is 9.84 Å². The molecular weight excluding hydrogens is 200 g/mol. The van der Waals surface area contributed by atoms with Gasteiger partial charge < -0.3 is 9.84 Å². The molecule has 1 aliphatic heterocycles. The molecule has 4 unspecified atom stereocenters. The van der Waals surface area contributed by atoms with Gasteiger partial charge in [0.25, 0.3) is 0 Å². The lowest BCUT2D eigenvalue weighted by atomic mass is 9.68. The Kier molecular flexibility index (Phi) is 2.56. The van der Waals surface area contributed by atoms with Crippen LogP contribution >= 0.6 is 0 Å². The summed E-state index contributed by atoms with van der Waals surface area (Å²) in [6.07, 6.45) is 7.74. The van der Waals surface area contributed by atoms with Gasteiger partial charge in [-0.15, -0.1) is 0 Å². The van der Waals surface area contributed by atoms with Crippen LogP contribution in [0.4, 0.5) is 0 Å². The molecule has 0 aromatic rings. The second kappa shape index (κ2) is 3.71. The van der Waals surface area contributed by atoms with E-state index in [0.29, 0.717) is 18.1 Å². The first kappa shape index (κ1) is 11.0. The monoisotopic (exact) mass is 224 g/mol. The second-order valence-corrected chi connectivity index (χ2v) is 6.64. The summed E-state index contributed by atoms with van der Waals surface area (Å²) in [5.74, 6) is 1.92. The van der Waals surface area contributed by atoms with Crippen LogP contribution in [0.3, 0.4) is 0 Å². The van der Waals surface area contributed by atoms with Crippen LogP contribution in [-0.4, -0.2) is 22.9 Å². The van der Waals surface area contributed by atoms with Crippen molar-refractivity contribution >= 4 is 0 Å². The van der Waals surface area contributed by atoms with E-state index < -0.39 is 5.60 Å². The molecule has 16 heavy (non-hydrogen) atoms. The average molecular weight is 224 g/mol. The highest BCUT2D eigenvalue weighted by molar-refractivity contribution is 5.00. The molecule has 2 nitrogen and oxygen atoms in total. The van der Waals surface area contributed by atoms with Gasteiger partial charge >= 0.3 is 0 Å². The fraction of sp³-hybridized carbons (Fsp3) is 1.00. The van der Waals surface area contributed by atoms with E-state index in [0.717, 1.165) is 31.1 Å². The van der Waals surface area contributed by atoms with Crippen molar-refractivity contribution in [3.05, 3.63) is 0 Å². The van der Waals surface area contributed by atoms with E-state index in [1.165, 1.54) is 19.3 Å². The highest BCUT2D eigenvalue weighted by Gasteiger charge is 2.50. The zero-order chi connectivity index (χ0) is 11.3. The Bertz CT molecular complexity index is 270. The Balaban J connectivity index is 1.76. The molecule has 92 valence electrons. The van der Waals surface area contributed by atoms with E-state index in [1.54, 1.807) is 0 Å². The van der Waals surface area contributed by atoms with Gasteiger partial charge in [-0.3, -0.25) is 0 Å². The molecule has 1 heterocycles. The smallest absolute Gasteiger partial charge is 0.0697 e. The first-order valence-corrected chi connectivity index (χ1v) is 6.94. The maximum absolute atomic E-state index is 10.6. The molecule has 0 amide bonds. The SMILES string of the molecule is CC1CCC2C(C1)OC(C1CC1)C[C@@]2(C)O. The Morgan fingerprint density at radius 2 is 1.88 bits per heavy atom. The summed E-state index contributed by atoms with van der Waals surface area (Å²) in [4.78, 5) is 0. The third-order valence-electron chi connectivity index (χ3n) is 4.96. The van der Waals surface area contributed by atoms with Crippen molar-refractivity contribution in [2.75, 3.05) is 0 Å². The van der Waals surface area contributed by atoms with Crippen LogP contribution < -0.4 is 0 Å². The van der Waals surface area contributed by atoms with Crippen LogP contribution in [0.1, 0.15) is 52.4 Å². The normalized spacial score (nSPS) is 53.4. The first-order valence-electron chi connectivity index (χ1n) is 6.94. The molecule has 0 spiro atoms. The quantitative estimate of drug-likeness (QED) is 0.742.